The molecule has 0 aromatic heterocycles. The van der Waals surface area contributed by atoms with Crippen molar-refractivity contribution in [3.63, 3.8) is 0 Å². The molecule has 0 saturated heterocycles. The third kappa shape index (κ3) is 5.22. The smallest absolute Gasteiger partial charge is 0.374 e. The predicted octanol–water partition coefficient (Wildman–Crippen LogP) is 7.58. The van der Waals surface area contributed by atoms with Gasteiger partial charge in [0.05, 0.1) is 5.71 Å². The SMILES string of the molecule is CCC(=O)NCc1ccc(C2=NOC(c3cc(Cl)cc(Cl)c3)(C(F)(F)F)C2)cc1-c1ccc(C)cc1. The zero-order valence-electron chi connectivity index (χ0n) is 19.5. The molecular formula is C27H23Cl2F3N2O2. The van der Waals surface area contributed by atoms with Crippen LogP contribution in [0.3, 0.4) is 0 Å². The molecule has 188 valence electrons. The highest BCUT2D eigenvalue weighted by Gasteiger charge is 2.62. The molecule has 0 spiro atoms. The fourth-order valence-corrected chi connectivity index (χ4v) is 4.60. The molecule has 1 unspecified atom stereocenters. The van der Waals surface area contributed by atoms with Gasteiger partial charge < -0.3 is 10.2 Å². The first kappa shape index (κ1) is 26.0. The molecule has 4 nitrogen and oxygen atoms in total. The molecule has 0 radical (unpaired) electrons. The fraction of sp³-hybridized carbons (Fsp3) is 0.259. The number of halogens is 5. The lowest BCUT2D eigenvalue weighted by Crippen LogP contribution is -2.42. The van der Waals surface area contributed by atoms with Gasteiger partial charge in [0.15, 0.2) is 0 Å². The molecule has 9 heteroatoms. The van der Waals surface area contributed by atoms with Gasteiger partial charge in [-0.05, 0) is 47.9 Å². The van der Waals surface area contributed by atoms with E-state index in [0.717, 1.165) is 22.3 Å². The number of benzene rings is 3. The van der Waals surface area contributed by atoms with Crippen LogP contribution < -0.4 is 5.32 Å². The van der Waals surface area contributed by atoms with Crippen LogP contribution in [-0.2, 0) is 21.8 Å². The number of carbonyl (C=O) groups is 1. The summed E-state index contributed by atoms with van der Waals surface area (Å²) in [6.45, 7) is 4.01. The molecule has 1 aliphatic rings. The molecule has 3 aromatic carbocycles. The van der Waals surface area contributed by atoms with Crippen molar-refractivity contribution in [1.29, 1.82) is 0 Å². The Morgan fingerprint density at radius 2 is 1.67 bits per heavy atom. The lowest BCUT2D eigenvalue weighted by Gasteiger charge is -2.29. The zero-order valence-corrected chi connectivity index (χ0v) is 21.1. The molecule has 0 bridgehead atoms. The highest BCUT2D eigenvalue weighted by atomic mass is 35.5. The van der Waals surface area contributed by atoms with E-state index in [9.17, 15) is 18.0 Å². The first-order valence-electron chi connectivity index (χ1n) is 11.3. The topological polar surface area (TPSA) is 50.7 Å². The molecule has 1 heterocycles. The molecule has 0 aliphatic carbocycles. The quantitative estimate of drug-likeness (QED) is 0.354. The molecule has 1 amide bonds. The minimum absolute atomic E-state index is 0.0679. The minimum Gasteiger partial charge on any atom is -0.374 e. The van der Waals surface area contributed by atoms with Gasteiger partial charge in [0.2, 0.25) is 5.91 Å². The van der Waals surface area contributed by atoms with E-state index < -0.39 is 18.2 Å². The monoisotopic (exact) mass is 534 g/mol. The molecule has 3 aromatic rings. The highest BCUT2D eigenvalue weighted by Crippen LogP contribution is 2.50. The van der Waals surface area contributed by atoms with Crippen molar-refractivity contribution in [3.05, 3.63) is 93.0 Å². The Bertz CT molecular complexity index is 1300. The number of nitrogens with one attached hydrogen (secondary N) is 1. The second kappa shape index (κ2) is 10.1. The summed E-state index contributed by atoms with van der Waals surface area (Å²) in [5.74, 6) is -0.0994. The van der Waals surface area contributed by atoms with Crippen molar-refractivity contribution >= 4 is 34.8 Å². The van der Waals surface area contributed by atoms with E-state index in [1.165, 1.54) is 18.2 Å². The van der Waals surface area contributed by atoms with Gasteiger partial charge in [0, 0.05) is 40.6 Å². The van der Waals surface area contributed by atoms with Crippen LogP contribution in [0.4, 0.5) is 13.2 Å². The van der Waals surface area contributed by atoms with E-state index in [1.54, 1.807) is 25.1 Å². The van der Waals surface area contributed by atoms with Gasteiger partial charge in [-0.2, -0.15) is 13.2 Å². The normalized spacial score (nSPS) is 17.5. The van der Waals surface area contributed by atoms with Crippen molar-refractivity contribution in [2.45, 2.75) is 45.0 Å². The molecule has 0 fully saturated rings. The first-order chi connectivity index (χ1) is 17.0. The van der Waals surface area contributed by atoms with Gasteiger partial charge in [-0.15, -0.1) is 0 Å². The molecule has 36 heavy (non-hydrogen) atoms. The number of nitrogens with zero attached hydrogens (tertiary/aromatic N) is 1. The second-order valence-electron chi connectivity index (χ2n) is 8.66. The lowest BCUT2D eigenvalue weighted by atomic mass is 9.85. The van der Waals surface area contributed by atoms with Crippen molar-refractivity contribution < 1.29 is 22.8 Å². The van der Waals surface area contributed by atoms with E-state index in [4.69, 9.17) is 28.0 Å². The average Bonchev–Trinajstić information content (AvgIpc) is 3.30. The maximum absolute atomic E-state index is 14.4. The van der Waals surface area contributed by atoms with Gasteiger partial charge in [0.1, 0.15) is 0 Å². The summed E-state index contributed by atoms with van der Waals surface area (Å²) in [6.07, 6.45) is -4.98. The Kier molecular flexibility index (Phi) is 7.34. The second-order valence-corrected chi connectivity index (χ2v) is 9.53. The average molecular weight is 535 g/mol. The van der Waals surface area contributed by atoms with Crippen LogP contribution in [0.15, 0.2) is 65.8 Å². The number of hydrogen-bond donors (Lipinski definition) is 1. The minimum atomic E-state index is -4.78. The van der Waals surface area contributed by atoms with E-state index in [0.29, 0.717) is 12.0 Å². The summed E-state index contributed by atoms with van der Waals surface area (Å²) < 4.78 is 43.2. The fourth-order valence-electron chi connectivity index (χ4n) is 4.08. The van der Waals surface area contributed by atoms with E-state index >= 15 is 0 Å². The molecular weight excluding hydrogens is 512 g/mol. The van der Waals surface area contributed by atoms with Crippen molar-refractivity contribution in [1.82, 2.24) is 5.32 Å². The molecule has 4 rings (SSSR count). The Labute approximate surface area is 217 Å². The Balaban J connectivity index is 1.74. The number of rotatable bonds is 6. The highest BCUT2D eigenvalue weighted by molar-refractivity contribution is 6.34. The summed E-state index contributed by atoms with van der Waals surface area (Å²) in [6, 6.07) is 16.7. The summed E-state index contributed by atoms with van der Waals surface area (Å²) in [7, 11) is 0. The van der Waals surface area contributed by atoms with E-state index in [-0.39, 0.29) is 33.8 Å². The van der Waals surface area contributed by atoms with Gasteiger partial charge in [-0.3, -0.25) is 4.79 Å². The standard InChI is InChI=1S/C27H23Cl2F3N2O2/c1-3-25(35)33-15-19-9-8-18(10-23(19)17-6-4-16(2)5-7-17)24-14-26(36-34-24,27(30,31)32)20-11-21(28)13-22(29)12-20/h4-13H,3,14-15H2,1-2H3,(H,33,35). The third-order valence-corrected chi connectivity index (χ3v) is 6.55. The molecule has 0 saturated carbocycles. The van der Waals surface area contributed by atoms with Crippen LogP contribution in [0.25, 0.3) is 11.1 Å². The van der Waals surface area contributed by atoms with Crippen LogP contribution in [0.5, 0.6) is 0 Å². The largest absolute Gasteiger partial charge is 0.435 e. The number of oxime groups is 1. The van der Waals surface area contributed by atoms with Crippen LogP contribution in [0.2, 0.25) is 10.0 Å². The molecule has 1 N–H and O–H groups in total. The van der Waals surface area contributed by atoms with Gasteiger partial charge >= 0.3 is 6.18 Å². The lowest BCUT2D eigenvalue weighted by molar-refractivity contribution is -0.275. The Hall–Kier alpha value is -3.03. The molecule has 1 aliphatic heterocycles. The summed E-state index contributed by atoms with van der Waals surface area (Å²) in [5.41, 5.74) is 1.23. The van der Waals surface area contributed by atoms with Gasteiger partial charge in [0.25, 0.3) is 5.60 Å². The van der Waals surface area contributed by atoms with Crippen LogP contribution in [0.1, 0.15) is 42.0 Å². The molecule has 1 atom stereocenters. The van der Waals surface area contributed by atoms with Gasteiger partial charge in [-0.1, -0.05) is 77.2 Å². The van der Waals surface area contributed by atoms with Crippen LogP contribution in [-0.4, -0.2) is 17.8 Å². The van der Waals surface area contributed by atoms with Crippen molar-refractivity contribution in [3.8, 4) is 11.1 Å². The van der Waals surface area contributed by atoms with Gasteiger partial charge in [-0.25, -0.2) is 0 Å². The van der Waals surface area contributed by atoms with Crippen molar-refractivity contribution in [2.24, 2.45) is 5.16 Å². The maximum atomic E-state index is 14.4. The number of hydrogen-bond acceptors (Lipinski definition) is 3. The predicted molar refractivity (Wildman–Crippen MR) is 135 cm³/mol. The number of amides is 1. The Morgan fingerprint density at radius 1 is 1.03 bits per heavy atom. The number of alkyl halides is 3. The first-order valence-corrected chi connectivity index (χ1v) is 12.0. The van der Waals surface area contributed by atoms with Crippen LogP contribution >= 0.6 is 23.2 Å². The van der Waals surface area contributed by atoms with Crippen molar-refractivity contribution in [2.75, 3.05) is 0 Å². The van der Waals surface area contributed by atoms with Crippen LogP contribution in [0, 0.1) is 6.92 Å². The number of carbonyl (C=O) groups excluding carboxylic acids is 1. The third-order valence-electron chi connectivity index (χ3n) is 6.12. The number of aryl methyl sites for hydroxylation is 1. The zero-order chi connectivity index (χ0) is 26.1. The summed E-state index contributed by atoms with van der Waals surface area (Å²) in [5, 5.41) is 6.86. The summed E-state index contributed by atoms with van der Waals surface area (Å²) >= 11 is 12.0. The Morgan fingerprint density at radius 3 is 2.28 bits per heavy atom. The van der Waals surface area contributed by atoms with E-state index in [1.807, 2.05) is 31.2 Å². The summed E-state index contributed by atoms with van der Waals surface area (Å²) in [4.78, 5) is 17.0. The van der Waals surface area contributed by atoms with E-state index in [2.05, 4.69) is 10.5 Å². The maximum Gasteiger partial charge on any atom is 0.435 e.